The number of phenolic OH excluding ortho intramolecular Hbond substituents is 2. The second-order valence-electron chi connectivity index (χ2n) is 4.79. The van der Waals surface area contributed by atoms with Crippen LogP contribution >= 0.6 is 0 Å². The Labute approximate surface area is 132 Å². The SMILES string of the molecule is Oc1ccc(/C=N/N=C/c2cnn(-c3ccccc3)c2)cc1O. The highest BCUT2D eigenvalue weighted by atomic mass is 16.3. The Morgan fingerprint density at radius 1 is 0.870 bits per heavy atom. The van der Waals surface area contributed by atoms with E-state index in [1.54, 1.807) is 23.2 Å². The number of hydrogen-bond donors (Lipinski definition) is 2. The highest BCUT2D eigenvalue weighted by Gasteiger charge is 1.99. The molecule has 114 valence electrons. The van der Waals surface area contributed by atoms with Crippen LogP contribution < -0.4 is 0 Å². The molecule has 0 unspecified atom stereocenters. The van der Waals surface area contributed by atoms with Gasteiger partial charge >= 0.3 is 0 Å². The van der Waals surface area contributed by atoms with Gasteiger partial charge in [-0.25, -0.2) is 4.68 Å². The molecule has 0 radical (unpaired) electrons. The molecule has 1 heterocycles. The molecule has 23 heavy (non-hydrogen) atoms. The summed E-state index contributed by atoms with van der Waals surface area (Å²) >= 11 is 0. The van der Waals surface area contributed by atoms with E-state index in [0.717, 1.165) is 11.3 Å². The van der Waals surface area contributed by atoms with Crippen molar-refractivity contribution in [2.24, 2.45) is 10.2 Å². The Balaban J connectivity index is 1.67. The maximum atomic E-state index is 9.38. The summed E-state index contributed by atoms with van der Waals surface area (Å²) in [5.41, 5.74) is 2.42. The largest absolute Gasteiger partial charge is 0.504 e. The zero-order chi connectivity index (χ0) is 16.1. The summed E-state index contributed by atoms with van der Waals surface area (Å²) in [5.74, 6) is -0.360. The van der Waals surface area contributed by atoms with Crippen molar-refractivity contribution in [2.75, 3.05) is 0 Å². The van der Waals surface area contributed by atoms with Gasteiger partial charge in [-0.3, -0.25) is 0 Å². The average molecular weight is 306 g/mol. The monoisotopic (exact) mass is 306 g/mol. The fraction of sp³-hybridized carbons (Fsp3) is 0. The van der Waals surface area contributed by atoms with Gasteiger partial charge in [0.25, 0.3) is 0 Å². The van der Waals surface area contributed by atoms with Gasteiger partial charge in [0.1, 0.15) is 0 Å². The van der Waals surface area contributed by atoms with Gasteiger partial charge < -0.3 is 10.2 Å². The van der Waals surface area contributed by atoms with E-state index in [9.17, 15) is 10.2 Å². The van der Waals surface area contributed by atoms with Crippen LogP contribution in [-0.2, 0) is 0 Å². The van der Waals surface area contributed by atoms with Crippen LogP contribution in [0.4, 0.5) is 0 Å². The summed E-state index contributed by atoms with van der Waals surface area (Å²) < 4.78 is 1.75. The molecule has 0 aliphatic carbocycles. The van der Waals surface area contributed by atoms with Crippen molar-refractivity contribution in [1.29, 1.82) is 0 Å². The van der Waals surface area contributed by atoms with Crippen molar-refractivity contribution in [3.05, 3.63) is 72.1 Å². The maximum Gasteiger partial charge on any atom is 0.158 e. The predicted octanol–water partition coefficient (Wildman–Crippen LogP) is 2.74. The van der Waals surface area contributed by atoms with Crippen LogP contribution in [-0.4, -0.2) is 32.4 Å². The molecule has 6 nitrogen and oxygen atoms in total. The van der Waals surface area contributed by atoms with Crippen LogP contribution in [0.2, 0.25) is 0 Å². The van der Waals surface area contributed by atoms with Crippen molar-refractivity contribution < 1.29 is 10.2 Å². The summed E-state index contributed by atoms with van der Waals surface area (Å²) in [6.45, 7) is 0. The van der Waals surface area contributed by atoms with Crippen LogP contribution in [0, 0.1) is 0 Å². The Kier molecular flexibility index (Phi) is 4.15. The minimum Gasteiger partial charge on any atom is -0.504 e. The minimum atomic E-state index is -0.193. The zero-order valence-electron chi connectivity index (χ0n) is 12.1. The molecule has 0 aliphatic rings. The Bertz CT molecular complexity index is 854. The van der Waals surface area contributed by atoms with Crippen LogP contribution in [0.25, 0.3) is 5.69 Å². The topological polar surface area (TPSA) is 83.0 Å². The second-order valence-corrected chi connectivity index (χ2v) is 4.79. The third-order valence-electron chi connectivity index (χ3n) is 3.10. The molecular formula is C17H14N4O2. The number of rotatable bonds is 4. The molecule has 0 saturated heterocycles. The summed E-state index contributed by atoms with van der Waals surface area (Å²) in [7, 11) is 0. The number of nitrogens with zero attached hydrogens (tertiary/aromatic N) is 4. The van der Waals surface area contributed by atoms with Gasteiger partial charge in [0, 0.05) is 11.8 Å². The van der Waals surface area contributed by atoms with Gasteiger partial charge in [-0.05, 0) is 35.9 Å². The average Bonchev–Trinajstić information content (AvgIpc) is 3.05. The molecule has 2 aromatic carbocycles. The summed E-state index contributed by atoms with van der Waals surface area (Å²) in [4.78, 5) is 0. The molecule has 1 aromatic heterocycles. The van der Waals surface area contributed by atoms with Crippen molar-refractivity contribution in [3.8, 4) is 17.2 Å². The number of hydrogen-bond acceptors (Lipinski definition) is 5. The minimum absolute atomic E-state index is 0.168. The Morgan fingerprint density at radius 3 is 2.35 bits per heavy atom. The van der Waals surface area contributed by atoms with E-state index in [1.807, 2.05) is 36.5 Å². The van der Waals surface area contributed by atoms with Gasteiger partial charge in [0.15, 0.2) is 11.5 Å². The smallest absolute Gasteiger partial charge is 0.158 e. The first kappa shape index (κ1) is 14.5. The van der Waals surface area contributed by atoms with Gasteiger partial charge in [0.2, 0.25) is 0 Å². The Hall–Kier alpha value is -3.41. The molecule has 0 spiro atoms. The summed E-state index contributed by atoms with van der Waals surface area (Å²) in [6, 6.07) is 14.2. The molecule has 0 atom stereocenters. The molecule has 0 amide bonds. The van der Waals surface area contributed by atoms with Crippen molar-refractivity contribution in [3.63, 3.8) is 0 Å². The van der Waals surface area contributed by atoms with Gasteiger partial charge in [-0.1, -0.05) is 18.2 Å². The van der Waals surface area contributed by atoms with E-state index in [1.165, 1.54) is 18.3 Å². The fourth-order valence-corrected chi connectivity index (χ4v) is 1.95. The van der Waals surface area contributed by atoms with Crippen molar-refractivity contribution in [1.82, 2.24) is 9.78 Å². The quantitative estimate of drug-likeness (QED) is 0.441. The number of phenols is 2. The maximum absolute atomic E-state index is 9.38. The molecule has 6 heteroatoms. The fourth-order valence-electron chi connectivity index (χ4n) is 1.95. The van der Waals surface area contributed by atoms with Crippen molar-refractivity contribution in [2.45, 2.75) is 0 Å². The van der Waals surface area contributed by atoms with E-state index in [-0.39, 0.29) is 11.5 Å². The molecular weight excluding hydrogens is 292 g/mol. The van der Waals surface area contributed by atoms with Gasteiger partial charge in [-0.2, -0.15) is 15.3 Å². The summed E-state index contributed by atoms with van der Waals surface area (Å²) in [5, 5.41) is 30.7. The number of aromatic nitrogens is 2. The molecule has 3 rings (SSSR count). The summed E-state index contributed by atoms with van der Waals surface area (Å²) in [6.07, 6.45) is 6.61. The lowest BCUT2D eigenvalue weighted by molar-refractivity contribution is 0.403. The standard InChI is InChI=1S/C17H14N4O2/c22-16-7-6-13(8-17(16)23)9-18-19-10-14-11-20-21(12-14)15-4-2-1-3-5-15/h1-12,22-23H/b18-9+,19-10+. The number of para-hydroxylation sites is 1. The van der Waals surface area contributed by atoms with Gasteiger partial charge in [-0.15, -0.1) is 0 Å². The predicted molar refractivity (Wildman–Crippen MR) is 88.5 cm³/mol. The van der Waals surface area contributed by atoms with Crippen molar-refractivity contribution >= 4 is 12.4 Å². The number of benzene rings is 2. The molecule has 0 aliphatic heterocycles. The van der Waals surface area contributed by atoms with Gasteiger partial charge in [0.05, 0.1) is 24.3 Å². The molecule has 0 bridgehead atoms. The van der Waals surface area contributed by atoms with E-state index in [2.05, 4.69) is 15.3 Å². The van der Waals surface area contributed by atoms with Crippen LogP contribution in [0.3, 0.4) is 0 Å². The van der Waals surface area contributed by atoms with E-state index < -0.39 is 0 Å². The third kappa shape index (κ3) is 3.62. The first-order valence-electron chi connectivity index (χ1n) is 6.91. The normalized spacial score (nSPS) is 11.5. The second kappa shape index (κ2) is 6.57. The first-order chi connectivity index (χ1) is 11.2. The lowest BCUT2D eigenvalue weighted by atomic mass is 10.2. The number of aromatic hydroxyl groups is 2. The van der Waals surface area contributed by atoms with E-state index >= 15 is 0 Å². The molecule has 0 fully saturated rings. The Morgan fingerprint density at radius 2 is 1.61 bits per heavy atom. The highest BCUT2D eigenvalue weighted by molar-refractivity contribution is 5.83. The lowest BCUT2D eigenvalue weighted by Crippen LogP contribution is -1.92. The van der Waals surface area contributed by atoms with Crippen LogP contribution in [0.15, 0.2) is 71.1 Å². The third-order valence-corrected chi connectivity index (χ3v) is 3.10. The highest BCUT2D eigenvalue weighted by Crippen LogP contribution is 2.23. The lowest BCUT2D eigenvalue weighted by Gasteiger charge is -1.98. The first-order valence-corrected chi connectivity index (χ1v) is 6.91. The molecule has 3 aromatic rings. The molecule has 2 N–H and O–H groups in total. The van der Waals surface area contributed by atoms with Crippen LogP contribution in [0.5, 0.6) is 11.5 Å². The van der Waals surface area contributed by atoms with E-state index in [0.29, 0.717) is 5.56 Å². The van der Waals surface area contributed by atoms with Crippen LogP contribution in [0.1, 0.15) is 11.1 Å². The zero-order valence-corrected chi connectivity index (χ0v) is 12.1. The van der Waals surface area contributed by atoms with E-state index in [4.69, 9.17) is 0 Å². The molecule has 0 saturated carbocycles.